The van der Waals surface area contributed by atoms with E-state index < -0.39 is 29.6 Å². The number of aliphatic carboxylic acids is 1. The normalized spacial score (nSPS) is 22.5. The summed E-state index contributed by atoms with van der Waals surface area (Å²) in [6, 6.07) is -1.81. The zero-order valence-electron chi connectivity index (χ0n) is 11.9. The third-order valence-electron chi connectivity index (χ3n) is 3.35. The van der Waals surface area contributed by atoms with Crippen LogP contribution in [0, 0.1) is 0 Å². The summed E-state index contributed by atoms with van der Waals surface area (Å²) in [6.45, 7) is 1.12. The first-order chi connectivity index (χ1) is 9.88. The number of hydrogen-bond acceptors (Lipinski definition) is 5. The zero-order chi connectivity index (χ0) is 15.9. The van der Waals surface area contributed by atoms with Crippen molar-refractivity contribution in [1.82, 2.24) is 10.6 Å². The molecule has 0 spiro atoms. The number of amides is 3. The summed E-state index contributed by atoms with van der Waals surface area (Å²) < 4.78 is 10.6. The van der Waals surface area contributed by atoms with Gasteiger partial charge in [0.25, 0.3) is 0 Å². The maximum atomic E-state index is 11.7. The van der Waals surface area contributed by atoms with Crippen molar-refractivity contribution in [1.29, 1.82) is 0 Å². The van der Waals surface area contributed by atoms with Crippen molar-refractivity contribution in [2.75, 3.05) is 26.9 Å². The molecule has 0 saturated carbocycles. The van der Waals surface area contributed by atoms with E-state index in [9.17, 15) is 14.4 Å². The Morgan fingerprint density at radius 3 is 2.67 bits per heavy atom. The first-order valence-electron chi connectivity index (χ1n) is 6.57. The zero-order valence-corrected chi connectivity index (χ0v) is 11.9. The highest BCUT2D eigenvalue weighted by Crippen LogP contribution is 2.21. The summed E-state index contributed by atoms with van der Waals surface area (Å²) >= 11 is 0. The van der Waals surface area contributed by atoms with Gasteiger partial charge in [0.1, 0.15) is 11.6 Å². The fraction of sp³-hybridized carbons (Fsp3) is 0.750. The van der Waals surface area contributed by atoms with Gasteiger partial charge in [-0.1, -0.05) is 0 Å². The highest BCUT2D eigenvalue weighted by molar-refractivity contribution is 5.83. The Kier molecular flexibility index (Phi) is 6.38. The van der Waals surface area contributed by atoms with Crippen molar-refractivity contribution in [2.45, 2.75) is 30.9 Å². The van der Waals surface area contributed by atoms with Crippen molar-refractivity contribution in [3.8, 4) is 0 Å². The number of nitrogens with two attached hydrogens (primary N) is 1. The molecule has 0 aromatic carbocycles. The summed E-state index contributed by atoms with van der Waals surface area (Å²) in [5, 5.41) is 13.8. The van der Waals surface area contributed by atoms with Crippen LogP contribution >= 0.6 is 0 Å². The molecule has 0 aromatic rings. The second-order valence-electron chi connectivity index (χ2n) is 4.91. The molecule has 1 unspecified atom stereocenters. The molecule has 1 aliphatic heterocycles. The molecular formula is C12H21N3O6. The molecular weight excluding hydrogens is 282 g/mol. The van der Waals surface area contributed by atoms with Crippen molar-refractivity contribution in [2.24, 2.45) is 5.73 Å². The van der Waals surface area contributed by atoms with Gasteiger partial charge in [-0.3, -0.25) is 4.79 Å². The molecule has 1 saturated heterocycles. The Bertz CT molecular complexity index is 394. The summed E-state index contributed by atoms with van der Waals surface area (Å²) in [6.07, 6.45) is 0.470. The number of carboxylic acid groups (broad SMARTS) is 1. The minimum absolute atomic E-state index is 0.0589. The molecule has 2 atom stereocenters. The van der Waals surface area contributed by atoms with Gasteiger partial charge in [0, 0.05) is 26.6 Å². The number of methoxy groups -OCH3 is 1. The average Bonchev–Trinajstić information content (AvgIpc) is 2.90. The molecule has 0 radical (unpaired) electrons. The first kappa shape index (κ1) is 17.2. The SMILES string of the molecule is COC1(CNC(=O)N[C@H](CCC(N)=O)C(=O)O)CCOC1. The third-order valence-corrected chi connectivity index (χ3v) is 3.35. The lowest BCUT2D eigenvalue weighted by Gasteiger charge is -2.26. The van der Waals surface area contributed by atoms with E-state index in [0.29, 0.717) is 19.6 Å². The van der Waals surface area contributed by atoms with E-state index in [1.165, 1.54) is 7.11 Å². The maximum absolute atomic E-state index is 11.7. The fourth-order valence-electron chi connectivity index (χ4n) is 1.96. The van der Waals surface area contributed by atoms with Crippen LogP contribution in [0.4, 0.5) is 4.79 Å². The van der Waals surface area contributed by atoms with E-state index in [2.05, 4.69) is 10.6 Å². The highest BCUT2D eigenvalue weighted by Gasteiger charge is 2.35. The molecule has 120 valence electrons. The van der Waals surface area contributed by atoms with E-state index >= 15 is 0 Å². The molecule has 5 N–H and O–H groups in total. The van der Waals surface area contributed by atoms with Crippen LogP contribution in [0.3, 0.4) is 0 Å². The highest BCUT2D eigenvalue weighted by atomic mass is 16.5. The first-order valence-corrected chi connectivity index (χ1v) is 6.57. The van der Waals surface area contributed by atoms with Gasteiger partial charge < -0.3 is 30.9 Å². The van der Waals surface area contributed by atoms with Crippen LogP contribution in [0.2, 0.25) is 0 Å². The number of carbonyl (C=O) groups is 3. The Morgan fingerprint density at radius 1 is 1.48 bits per heavy atom. The van der Waals surface area contributed by atoms with Crippen LogP contribution in [-0.2, 0) is 19.1 Å². The second kappa shape index (κ2) is 7.79. The van der Waals surface area contributed by atoms with E-state index in [1.54, 1.807) is 0 Å². The van der Waals surface area contributed by atoms with E-state index in [0.717, 1.165) is 0 Å². The molecule has 0 aromatic heterocycles. The Hall–Kier alpha value is -1.87. The van der Waals surface area contributed by atoms with Crippen LogP contribution in [0.1, 0.15) is 19.3 Å². The third kappa shape index (κ3) is 5.56. The van der Waals surface area contributed by atoms with Crippen molar-refractivity contribution in [3.63, 3.8) is 0 Å². The Labute approximate surface area is 122 Å². The van der Waals surface area contributed by atoms with E-state index in [-0.39, 0.29) is 19.4 Å². The lowest BCUT2D eigenvalue weighted by atomic mass is 10.0. The standard InChI is InChI=1S/C12H21N3O6/c1-20-12(4-5-21-7-12)6-14-11(19)15-8(10(17)18)2-3-9(13)16/h8H,2-7H2,1H3,(H2,13,16)(H,17,18)(H2,14,15,19)/t8-,12?/m1/s1. The fourth-order valence-corrected chi connectivity index (χ4v) is 1.96. The number of ether oxygens (including phenoxy) is 2. The molecule has 21 heavy (non-hydrogen) atoms. The molecule has 1 heterocycles. The number of hydrogen-bond donors (Lipinski definition) is 4. The minimum atomic E-state index is -1.22. The predicted octanol–water partition coefficient (Wildman–Crippen LogP) is -1.19. The Balaban J connectivity index is 2.42. The van der Waals surface area contributed by atoms with Gasteiger partial charge in [-0.05, 0) is 6.42 Å². The van der Waals surface area contributed by atoms with Crippen LogP contribution in [0.25, 0.3) is 0 Å². The number of carbonyl (C=O) groups excluding carboxylic acids is 2. The van der Waals surface area contributed by atoms with Crippen molar-refractivity contribution in [3.05, 3.63) is 0 Å². The molecule has 9 heteroatoms. The van der Waals surface area contributed by atoms with Gasteiger partial charge in [-0.2, -0.15) is 0 Å². The van der Waals surface area contributed by atoms with Gasteiger partial charge in [-0.15, -0.1) is 0 Å². The summed E-state index contributed by atoms with van der Waals surface area (Å²) in [5.74, 6) is -1.85. The van der Waals surface area contributed by atoms with Crippen LogP contribution in [0.5, 0.6) is 0 Å². The number of urea groups is 1. The molecule has 0 bridgehead atoms. The van der Waals surface area contributed by atoms with Crippen LogP contribution in [0.15, 0.2) is 0 Å². The van der Waals surface area contributed by atoms with Gasteiger partial charge >= 0.3 is 12.0 Å². The number of primary amides is 1. The molecule has 1 rings (SSSR count). The topological polar surface area (TPSA) is 140 Å². The van der Waals surface area contributed by atoms with Crippen LogP contribution in [-0.4, -0.2) is 61.5 Å². The van der Waals surface area contributed by atoms with Gasteiger partial charge in [0.2, 0.25) is 5.91 Å². The number of rotatable bonds is 8. The monoisotopic (exact) mass is 303 g/mol. The molecule has 1 aliphatic rings. The van der Waals surface area contributed by atoms with Crippen LogP contribution < -0.4 is 16.4 Å². The van der Waals surface area contributed by atoms with Gasteiger partial charge in [0.05, 0.1) is 13.2 Å². The van der Waals surface area contributed by atoms with Gasteiger partial charge in [0.15, 0.2) is 0 Å². The molecule has 9 nitrogen and oxygen atoms in total. The quantitative estimate of drug-likeness (QED) is 0.444. The van der Waals surface area contributed by atoms with Crippen molar-refractivity contribution < 1.29 is 29.0 Å². The van der Waals surface area contributed by atoms with Gasteiger partial charge in [-0.25, -0.2) is 9.59 Å². The Morgan fingerprint density at radius 2 is 2.19 bits per heavy atom. The molecule has 0 aliphatic carbocycles. The molecule has 1 fully saturated rings. The maximum Gasteiger partial charge on any atom is 0.326 e. The second-order valence-corrected chi connectivity index (χ2v) is 4.91. The summed E-state index contributed by atoms with van der Waals surface area (Å²) in [7, 11) is 1.53. The largest absolute Gasteiger partial charge is 0.480 e. The predicted molar refractivity (Wildman–Crippen MR) is 71.6 cm³/mol. The lowest BCUT2D eigenvalue weighted by molar-refractivity contribution is -0.139. The number of carboxylic acids is 1. The van der Waals surface area contributed by atoms with Crippen molar-refractivity contribution >= 4 is 17.9 Å². The van der Waals surface area contributed by atoms with E-state index in [1.807, 2.05) is 0 Å². The van der Waals surface area contributed by atoms with E-state index in [4.69, 9.17) is 20.3 Å². The summed E-state index contributed by atoms with van der Waals surface area (Å²) in [5.41, 5.74) is 4.38. The molecule has 3 amide bonds. The summed E-state index contributed by atoms with van der Waals surface area (Å²) in [4.78, 5) is 33.4. The average molecular weight is 303 g/mol. The lowest BCUT2D eigenvalue weighted by Crippen LogP contribution is -2.51. The smallest absolute Gasteiger partial charge is 0.326 e. The number of nitrogens with one attached hydrogen (secondary N) is 2. The minimum Gasteiger partial charge on any atom is -0.480 e.